The summed E-state index contributed by atoms with van der Waals surface area (Å²) in [5, 5.41) is 0. The molecular formula is C8H14FNO. The lowest BCUT2D eigenvalue weighted by atomic mass is 9.69. The van der Waals surface area contributed by atoms with Crippen LogP contribution in [0.15, 0.2) is 0 Å². The molecule has 64 valence electrons. The molecule has 1 saturated heterocycles. The predicted octanol–water partition coefficient (Wildman–Crippen LogP) is 0.852. The third-order valence-corrected chi connectivity index (χ3v) is 2.86. The quantitative estimate of drug-likeness (QED) is 0.615. The highest BCUT2D eigenvalue weighted by molar-refractivity contribution is 5.02. The van der Waals surface area contributed by atoms with E-state index in [1.807, 2.05) is 0 Å². The van der Waals surface area contributed by atoms with E-state index in [-0.39, 0.29) is 12.0 Å². The average molecular weight is 159 g/mol. The molecule has 2 N–H and O–H groups in total. The summed E-state index contributed by atoms with van der Waals surface area (Å²) in [6.07, 6.45) is 1.96. The van der Waals surface area contributed by atoms with Crippen molar-refractivity contribution in [3.8, 4) is 0 Å². The minimum atomic E-state index is -0.976. The molecule has 1 heterocycles. The number of hydrogen-bond acceptors (Lipinski definition) is 2. The first-order chi connectivity index (χ1) is 5.21. The number of rotatable bonds is 1. The molecule has 0 bridgehead atoms. The molecule has 1 unspecified atom stereocenters. The Balaban J connectivity index is 1.93. The summed E-state index contributed by atoms with van der Waals surface area (Å²) in [6.45, 7) is 1.33. The standard InChI is InChI=1S/C8H14FNO/c9-8(3-7(10)4-8)6-1-2-11-5-6/h6-7H,1-5,10H2. The van der Waals surface area contributed by atoms with Crippen LogP contribution in [0.5, 0.6) is 0 Å². The van der Waals surface area contributed by atoms with Gasteiger partial charge in [0.05, 0.1) is 6.61 Å². The first kappa shape index (κ1) is 7.50. The van der Waals surface area contributed by atoms with E-state index in [9.17, 15) is 4.39 Å². The van der Waals surface area contributed by atoms with E-state index in [1.165, 1.54) is 0 Å². The van der Waals surface area contributed by atoms with Crippen molar-refractivity contribution in [2.24, 2.45) is 11.7 Å². The Bertz CT molecular complexity index is 150. The Labute approximate surface area is 65.9 Å². The molecule has 0 amide bonds. The summed E-state index contributed by atoms with van der Waals surface area (Å²) in [6, 6.07) is 0.0978. The van der Waals surface area contributed by atoms with Gasteiger partial charge < -0.3 is 10.5 Å². The zero-order valence-electron chi connectivity index (χ0n) is 6.55. The van der Waals surface area contributed by atoms with Crippen molar-refractivity contribution in [1.29, 1.82) is 0 Å². The summed E-state index contributed by atoms with van der Waals surface area (Å²) in [4.78, 5) is 0. The van der Waals surface area contributed by atoms with E-state index in [0.29, 0.717) is 19.4 Å². The zero-order chi connectivity index (χ0) is 7.90. The maximum atomic E-state index is 13.7. The second-order valence-electron chi connectivity index (χ2n) is 3.76. The Morgan fingerprint density at radius 1 is 1.45 bits per heavy atom. The topological polar surface area (TPSA) is 35.2 Å². The van der Waals surface area contributed by atoms with E-state index >= 15 is 0 Å². The van der Waals surface area contributed by atoms with Crippen molar-refractivity contribution >= 4 is 0 Å². The summed E-state index contributed by atoms with van der Waals surface area (Å²) >= 11 is 0. The minimum absolute atomic E-state index is 0.0978. The molecule has 0 radical (unpaired) electrons. The molecule has 1 saturated carbocycles. The number of hydrogen-bond donors (Lipinski definition) is 1. The number of halogens is 1. The van der Waals surface area contributed by atoms with Crippen molar-refractivity contribution in [2.75, 3.05) is 13.2 Å². The maximum absolute atomic E-state index is 13.7. The van der Waals surface area contributed by atoms with Gasteiger partial charge in [0, 0.05) is 18.6 Å². The molecule has 0 spiro atoms. The van der Waals surface area contributed by atoms with Crippen LogP contribution in [0.4, 0.5) is 4.39 Å². The highest BCUT2D eigenvalue weighted by Gasteiger charge is 2.49. The molecule has 1 atom stereocenters. The van der Waals surface area contributed by atoms with Crippen LogP contribution in [0.25, 0.3) is 0 Å². The van der Waals surface area contributed by atoms with Gasteiger partial charge in [-0.25, -0.2) is 4.39 Å². The van der Waals surface area contributed by atoms with Crippen LogP contribution in [0.3, 0.4) is 0 Å². The van der Waals surface area contributed by atoms with E-state index in [0.717, 1.165) is 13.0 Å². The van der Waals surface area contributed by atoms with Crippen LogP contribution >= 0.6 is 0 Å². The minimum Gasteiger partial charge on any atom is -0.381 e. The van der Waals surface area contributed by atoms with E-state index < -0.39 is 5.67 Å². The van der Waals surface area contributed by atoms with Gasteiger partial charge in [-0.05, 0) is 19.3 Å². The van der Waals surface area contributed by atoms with Crippen LogP contribution in [0.2, 0.25) is 0 Å². The number of nitrogens with two attached hydrogens (primary N) is 1. The van der Waals surface area contributed by atoms with E-state index in [4.69, 9.17) is 10.5 Å². The fraction of sp³-hybridized carbons (Fsp3) is 1.00. The largest absolute Gasteiger partial charge is 0.381 e. The third-order valence-electron chi connectivity index (χ3n) is 2.86. The van der Waals surface area contributed by atoms with Gasteiger partial charge in [0.1, 0.15) is 5.67 Å². The van der Waals surface area contributed by atoms with Gasteiger partial charge in [-0.15, -0.1) is 0 Å². The second kappa shape index (κ2) is 2.42. The van der Waals surface area contributed by atoms with Crippen molar-refractivity contribution in [3.63, 3.8) is 0 Å². The molecule has 11 heavy (non-hydrogen) atoms. The molecule has 0 aromatic rings. The van der Waals surface area contributed by atoms with E-state index in [1.54, 1.807) is 0 Å². The third kappa shape index (κ3) is 1.16. The van der Waals surface area contributed by atoms with Crippen LogP contribution in [-0.2, 0) is 4.74 Å². The zero-order valence-corrected chi connectivity index (χ0v) is 6.55. The molecule has 2 rings (SSSR count). The highest BCUT2D eigenvalue weighted by Crippen LogP contribution is 2.44. The summed E-state index contributed by atoms with van der Waals surface area (Å²) in [7, 11) is 0. The fourth-order valence-corrected chi connectivity index (χ4v) is 2.09. The smallest absolute Gasteiger partial charge is 0.119 e. The van der Waals surface area contributed by atoms with Gasteiger partial charge in [-0.1, -0.05) is 0 Å². The van der Waals surface area contributed by atoms with Gasteiger partial charge in [0.15, 0.2) is 0 Å². The van der Waals surface area contributed by atoms with Crippen LogP contribution in [0, 0.1) is 5.92 Å². The SMILES string of the molecule is NC1CC(F)(C2CCOC2)C1. The van der Waals surface area contributed by atoms with Crippen LogP contribution < -0.4 is 5.73 Å². The van der Waals surface area contributed by atoms with Crippen LogP contribution in [-0.4, -0.2) is 24.9 Å². The van der Waals surface area contributed by atoms with Gasteiger partial charge >= 0.3 is 0 Å². The lowest BCUT2D eigenvalue weighted by Gasteiger charge is -2.43. The molecular weight excluding hydrogens is 145 g/mol. The predicted molar refractivity (Wildman–Crippen MR) is 40.0 cm³/mol. The monoisotopic (exact) mass is 159 g/mol. The Hall–Kier alpha value is -0.150. The van der Waals surface area contributed by atoms with Gasteiger partial charge in [0.2, 0.25) is 0 Å². The lowest BCUT2D eigenvalue weighted by Crippen LogP contribution is -2.53. The normalized spacial score (nSPS) is 50.7. The van der Waals surface area contributed by atoms with Crippen molar-refractivity contribution in [3.05, 3.63) is 0 Å². The number of alkyl halides is 1. The van der Waals surface area contributed by atoms with Crippen LogP contribution in [0.1, 0.15) is 19.3 Å². The second-order valence-corrected chi connectivity index (χ2v) is 3.76. The Morgan fingerprint density at radius 3 is 2.64 bits per heavy atom. The van der Waals surface area contributed by atoms with Crippen molar-refractivity contribution < 1.29 is 9.13 Å². The summed E-state index contributed by atoms with van der Waals surface area (Å²) < 4.78 is 18.8. The van der Waals surface area contributed by atoms with Crippen molar-refractivity contribution in [2.45, 2.75) is 31.0 Å². The van der Waals surface area contributed by atoms with Crippen molar-refractivity contribution in [1.82, 2.24) is 0 Å². The molecule has 0 aromatic carbocycles. The first-order valence-electron chi connectivity index (χ1n) is 4.23. The average Bonchev–Trinajstić information content (AvgIpc) is 2.34. The molecule has 1 aliphatic heterocycles. The number of ether oxygens (including phenoxy) is 1. The van der Waals surface area contributed by atoms with Gasteiger partial charge in [-0.2, -0.15) is 0 Å². The molecule has 2 fully saturated rings. The van der Waals surface area contributed by atoms with Gasteiger partial charge in [-0.3, -0.25) is 0 Å². The first-order valence-corrected chi connectivity index (χ1v) is 4.23. The molecule has 2 aliphatic rings. The Morgan fingerprint density at radius 2 is 2.18 bits per heavy atom. The molecule has 3 heteroatoms. The molecule has 1 aliphatic carbocycles. The highest BCUT2D eigenvalue weighted by atomic mass is 19.1. The molecule has 2 nitrogen and oxygen atoms in total. The lowest BCUT2D eigenvalue weighted by molar-refractivity contribution is -0.0190. The summed E-state index contributed by atoms with van der Waals surface area (Å²) in [5.41, 5.74) is 4.56. The van der Waals surface area contributed by atoms with E-state index in [2.05, 4.69) is 0 Å². The Kier molecular flexibility index (Phi) is 1.65. The summed E-state index contributed by atoms with van der Waals surface area (Å²) in [5.74, 6) is 0.127. The maximum Gasteiger partial charge on any atom is 0.119 e. The van der Waals surface area contributed by atoms with Gasteiger partial charge in [0.25, 0.3) is 0 Å². The fourth-order valence-electron chi connectivity index (χ4n) is 2.09. The molecule has 0 aromatic heterocycles.